The highest BCUT2D eigenvalue weighted by atomic mass is 16.3. The Morgan fingerprint density at radius 3 is 2.16 bits per heavy atom. The molecule has 100 valence electrons. The van der Waals surface area contributed by atoms with Crippen molar-refractivity contribution in [2.75, 3.05) is 6.61 Å². The molecule has 19 heavy (non-hydrogen) atoms. The van der Waals surface area contributed by atoms with E-state index >= 15 is 0 Å². The molecule has 0 aromatic heterocycles. The molecule has 2 rings (SSSR count). The van der Waals surface area contributed by atoms with Crippen molar-refractivity contribution in [1.29, 1.82) is 0 Å². The van der Waals surface area contributed by atoms with Crippen molar-refractivity contribution in [2.24, 2.45) is 0 Å². The minimum absolute atomic E-state index is 0.189. The van der Waals surface area contributed by atoms with Gasteiger partial charge in [0.1, 0.15) is 0 Å². The maximum absolute atomic E-state index is 9.13. The van der Waals surface area contributed by atoms with Gasteiger partial charge in [-0.05, 0) is 23.1 Å². The quantitative estimate of drug-likeness (QED) is 0.830. The third kappa shape index (κ3) is 3.91. The first-order valence-electron chi connectivity index (χ1n) is 6.82. The second kappa shape index (κ2) is 7.07. The van der Waals surface area contributed by atoms with Crippen LogP contribution in [0.1, 0.15) is 18.9 Å². The van der Waals surface area contributed by atoms with E-state index in [0.29, 0.717) is 0 Å². The summed E-state index contributed by atoms with van der Waals surface area (Å²) >= 11 is 0. The molecule has 0 aliphatic rings. The maximum Gasteiger partial charge on any atom is 0.0584 e. The normalized spacial score (nSPS) is 12.3. The zero-order valence-corrected chi connectivity index (χ0v) is 11.3. The van der Waals surface area contributed by atoms with Crippen LogP contribution in [0.15, 0.2) is 54.6 Å². The molecule has 0 heterocycles. The van der Waals surface area contributed by atoms with Gasteiger partial charge in [0.15, 0.2) is 0 Å². The fourth-order valence-electron chi connectivity index (χ4n) is 2.05. The minimum Gasteiger partial charge on any atom is -0.395 e. The maximum atomic E-state index is 9.13. The standard InChI is InChI=1S/C17H21NO/c1-2-17(13-19)18-12-14-8-10-16(11-9-14)15-6-4-3-5-7-15/h3-11,17-19H,2,12-13H2,1H3/t17-/m0/s1. The number of benzene rings is 2. The number of aliphatic hydroxyl groups excluding tert-OH is 1. The molecule has 0 aliphatic carbocycles. The summed E-state index contributed by atoms with van der Waals surface area (Å²) in [6.07, 6.45) is 0.943. The Morgan fingerprint density at radius 2 is 1.58 bits per heavy atom. The van der Waals surface area contributed by atoms with Crippen LogP contribution in [0.25, 0.3) is 11.1 Å². The smallest absolute Gasteiger partial charge is 0.0584 e. The Hall–Kier alpha value is -1.64. The lowest BCUT2D eigenvalue weighted by Crippen LogP contribution is -2.31. The van der Waals surface area contributed by atoms with Gasteiger partial charge >= 0.3 is 0 Å². The number of hydrogen-bond acceptors (Lipinski definition) is 2. The summed E-state index contributed by atoms with van der Waals surface area (Å²) in [6, 6.07) is 19.1. The van der Waals surface area contributed by atoms with E-state index in [0.717, 1.165) is 13.0 Å². The fraction of sp³-hybridized carbons (Fsp3) is 0.294. The Kier molecular flexibility index (Phi) is 5.13. The molecule has 0 unspecified atom stereocenters. The topological polar surface area (TPSA) is 32.3 Å². The predicted molar refractivity (Wildman–Crippen MR) is 79.9 cm³/mol. The van der Waals surface area contributed by atoms with Crippen molar-refractivity contribution in [3.05, 3.63) is 60.2 Å². The molecule has 0 radical (unpaired) electrons. The molecular weight excluding hydrogens is 234 g/mol. The highest BCUT2D eigenvalue weighted by Crippen LogP contribution is 2.19. The van der Waals surface area contributed by atoms with Crippen molar-refractivity contribution in [3.8, 4) is 11.1 Å². The average molecular weight is 255 g/mol. The Bertz CT molecular complexity index is 474. The Morgan fingerprint density at radius 1 is 0.947 bits per heavy atom. The van der Waals surface area contributed by atoms with Crippen molar-refractivity contribution < 1.29 is 5.11 Å². The molecule has 0 amide bonds. The van der Waals surface area contributed by atoms with E-state index in [-0.39, 0.29) is 12.6 Å². The second-order valence-corrected chi connectivity index (χ2v) is 4.73. The summed E-state index contributed by atoms with van der Waals surface area (Å²) < 4.78 is 0. The number of rotatable bonds is 6. The third-order valence-corrected chi connectivity index (χ3v) is 3.37. The molecule has 0 fully saturated rings. The van der Waals surface area contributed by atoms with Crippen LogP contribution >= 0.6 is 0 Å². The van der Waals surface area contributed by atoms with E-state index in [9.17, 15) is 0 Å². The first-order valence-corrected chi connectivity index (χ1v) is 6.82. The molecule has 1 atom stereocenters. The molecule has 2 nitrogen and oxygen atoms in total. The van der Waals surface area contributed by atoms with Crippen LogP contribution in [0.5, 0.6) is 0 Å². The van der Waals surface area contributed by atoms with Gasteiger partial charge in [0.25, 0.3) is 0 Å². The Labute approximate surface area is 115 Å². The van der Waals surface area contributed by atoms with Crippen LogP contribution in [-0.4, -0.2) is 17.8 Å². The summed E-state index contributed by atoms with van der Waals surface area (Å²) in [5, 5.41) is 12.5. The molecule has 0 saturated carbocycles. The van der Waals surface area contributed by atoms with Gasteiger partial charge in [-0.2, -0.15) is 0 Å². The summed E-state index contributed by atoms with van der Waals surface area (Å²) in [4.78, 5) is 0. The lowest BCUT2D eigenvalue weighted by molar-refractivity contribution is 0.238. The van der Waals surface area contributed by atoms with E-state index in [1.807, 2.05) is 6.07 Å². The molecule has 0 saturated heterocycles. The van der Waals surface area contributed by atoms with Crippen molar-refractivity contribution in [1.82, 2.24) is 5.32 Å². The predicted octanol–water partition coefficient (Wildman–Crippen LogP) is 3.21. The largest absolute Gasteiger partial charge is 0.395 e. The highest BCUT2D eigenvalue weighted by Gasteiger charge is 2.03. The van der Waals surface area contributed by atoms with Gasteiger partial charge in [-0.1, -0.05) is 61.5 Å². The van der Waals surface area contributed by atoms with E-state index in [1.165, 1.54) is 16.7 Å². The first-order chi connectivity index (χ1) is 9.33. The van der Waals surface area contributed by atoms with Gasteiger partial charge in [0, 0.05) is 12.6 Å². The molecule has 2 N–H and O–H groups in total. The molecule has 0 spiro atoms. The van der Waals surface area contributed by atoms with Crippen LogP contribution in [-0.2, 0) is 6.54 Å². The number of aliphatic hydroxyl groups is 1. The van der Waals surface area contributed by atoms with E-state index in [2.05, 4.69) is 60.8 Å². The monoisotopic (exact) mass is 255 g/mol. The summed E-state index contributed by atoms with van der Waals surface area (Å²) in [5.41, 5.74) is 3.72. The minimum atomic E-state index is 0.189. The van der Waals surface area contributed by atoms with Crippen molar-refractivity contribution in [3.63, 3.8) is 0 Å². The van der Waals surface area contributed by atoms with Gasteiger partial charge in [0.2, 0.25) is 0 Å². The van der Waals surface area contributed by atoms with Crippen molar-refractivity contribution in [2.45, 2.75) is 25.9 Å². The van der Waals surface area contributed by atoms with Crippen LogP contribution < -0.4 is 5.32 Å². The van der Waals surface area contributed by atoms with Crippen LogP contribution in [0.2, 0.25) is 0 Å². The summed E-state index contributed by atoms with van der Waals surface area (Å²) in [7, 11) is 0. The van der Waals surface area contributed by atoms with E-state index in [4.69, 9.17) is 5.11 Å². The number of nitrogens with one attached hydrogen (secondary N) is 1. The average Bonchev–Trinajstić information content (AvgIpc) is 2.50. The van der Waals surface area contributed by atoms with Crippen LogP contribution in [0, 0.1) is 0 Å². The SMILES string of the molecule is CC[C@@H](CO)NCc1ccc(-c2ccccc2)cc1. The molecule has 2 aromatic rings. The van der Waals surface area contributed by atoms with Gasteiger partial charge in [0.05, 0.1) is 6.61 Å². The lowest BCUT2D eigenvalue weighted by atomic mass is 10.0. The first kappa shape index (κ1) is 13.8. The molecule has 2 aromatic carbocycles. The van der Waals surface area contributed by atoms with Gasteiger partial charge in [-0.25, -0.2) is 0 Å². The highest BCUT2D eigenvalue weighted by molar-refractivity contribution is 5.63. The molecular formula is C17H21NO. The second-order valence-electron chi connectivity index (χ2n) is 4.73. The van der Waals surface area contributed by atoms with Gasteiger partial charge < -0.3 is 10.4 Å². The zero-order chi connectivity index (χ0) is 13.5. The third-order valence-electron chi connectivity index (χ3n) is 3.37. The molecule has 2 heteroatoms. The number of hydrogen-bond donors (Lipinski definition) is 2. The van der Waals surface area contributed by atoms with Crippen LogP contribution in [0.3, 0.4) is 0 Å². The summed E-state index contributed by atoms with van der Waals surface area (Å²) in [6.45, 7) is 3.07. The molecule has 0 bridgehead atoms. The van der Waals surface area contributed by atoms with Gasteiger partial charge in [-0.15, -0.1) is 0 Å². The fourth-order valence-corrected chi connectivity index (χ4v) is 2.05. The van der Waals surface area contributed by atoms with Crippen molar-refractivity contribution >= 4 is 0 Å². The lowest BCUT2D eigenvalue weighted by Gasteiger charge is -2.14. The Balaban J connectivity index is 1.99. The van der Waals surface area contributed by atoms with E-state index in [1.54, 1.807) is 0 Å². The molecule has 0 aliphatic heterocycles. The zero-order valence-electron chi connectivity index (χ0n) is 11.3. The summed E-state index contributed by atoms with van der Waals surface area (Å²) in [5.74, 6) is 0. The van der Waals surface area contributed by atoms with Crippen LogP contribution in [0.4, 0.5) is 0 Å². The van der Waals surface area contributed by atoms with E-state index < -0.39 is 0 Å². The van der Waals surface area contributed by atoms with Gasteiger partial charge in [-0.3, -0.25) is 0 Å².